The molecule has 0 aliphatic rings. The topological polar surface area (TPSA) is 71.4 Å². The Morgan fingerprint density at radius 2 is 1.89 bits per heavy atom. The highest BCUT2D eigenvalue weighted by Crippen LogP contribution is 2.19. The molecule has 0 aromatic carbocycles. The van der Waals surface area contributed by atoms with Crippen LogP contribution in [0.3, 0.4) is 0 Å². The van der Waals surface area contributed by atoms with Gasteiger partial charge in [-0.05, 0) is 18.2 Å². The van der Waals surface area contributed by atoms with Crippen molar-refractivity contribution in [2.75, 3.05) is 20.2 Å². The van der Waals surface area contributed by atoms with Crippen LogP contribution in [-0.2, 0) is 13.0 Å². The first kappa shape index (κ1) is 22.9. The molecule has 2 aromatic heterocycles. The maximum atomic E-state index is 12.3. The third kappa shape index (κ3) is 8.89. The minimum Gasteiger partial charge on any atom is -0.468 e. The van der Waals surface area contributed by atoms with Gasteiger partial charge < -0.3 is 15.4 Å². The molecule has 0 saturated carbocycles. The van der Waals surface area contributed by atoms with Gasteiger partial charge in [-0.3, -0.25) is 9.98 Å². The number of aromatic nitrogens is 2. The van der Waals surface area contributed by atoms with Gasteiger partial charge in [-0.15, -0.1) is 24.0 Å². The van der Waals surface area contributed by atoms with Crippen molar-refractivity contribution in [3.05, 3.63) is 54.0 Å². The zero-order valence-electron chi connectivity index (χ0n) is 14.7. The van der Waals surface area contributed by atoms with Crippen molar-refractivity contribution in [2.24, 2.45) is 4.99 Å². The zero-order chi connectivity index (χ0) is 18.8. The number of pyridine rings is 2. The van der Waals surface area contributed by atoms with E-state index < -0.39 is 12.8 Å². The first-order valence-electron chi connectivity index (χ1n) is 7.96. The van der Waals surface area contributed by atoms with Gasteiger partial charge in [-0.2, -0.15) is 13.2 Å². The smallest absolute Gasteiger partial charge is 0.422 e. The summed E-state index contributed by atoms with van der Waals surface area (Å²) in [6.45, 7) is -0.542. The van der Waals surface area contributed by atoms with Gasteiger partial charge in [0.15, 0.2) is 12.6 Å². The number of hydrogen-bond acceptors (Lipinski definition) is 4. The molecule has 2 rings (SSSR count). The van der Waals surface area contributed by atoms with Crippen LogP contribution in [0.25, 0.3) is 0 Å². The summed E-state index contributed by atoms with van der Waals surface area (Å²) in [6, 6.07) is 8.98. The summed E-state index contributed by atoms with van der Waals surface area (Å²) in [5.41, 5.74) is 1.45. The predicted molar refractivity (Wildman–Crippen MR) is 107 cm³/mol. The van der Waals surface area contributed by atoms with Crippen molar-refractivity contribution in [1.29, 1.82) is 0 Å². The van der Waals surface area contributed by atoms with E-state index in [1.807, 2.05) is 18.2 Å². The molecule has 0 aliphatic carbocycles. The van der Waals surface area contributed by atoms with E-state index in [1.165, 1.54) is 6.20 Å². The molecule has 0 radical (unpaired) electrons. The van der Waals surface area contributed by atoms with Gasteiger partial charge >= 0.3 is 6.18 Å². The molecule has 0 spiro atoms. The number of nitrogens with one attached hydrogen (secondary N) is 2. The normalized spacial score (nSPS) is 11.5. The minimum atomic E-state index is -4.41. The summed E-state index contributed by atoms with van der Waals surface area (Å²) in [5, 5.41) is 6.15. The number of alkyl halides is 3. The van der Waals surface area contributed by atoms with Gasteiger partial charge in [-0.1, -0.05) is 12.1 Å². The molecule has 2 N–H and O–H groups in total. The molecule has 2 heterocycles. The summed E-state index contributed by atoms with van der Waals surface area (Å²) in [7, 11) is 1.61. The van der Waals surface area contributed by atoms with Gasteiger partial charge in [0.1, 0.15) is 0 Å². The molecule has 148 valence electrons. The van der Waals surface area contributed by atoms with Crippen molar-refractivity contribution in [3.8, 4) is 5.88 Å². The fourth-order valence-electron chi connectivity index (χ4n) is 2.09. The second-order valence-corrected chi connectivity index (χ2v) is 5.30. The molecule has 27 heavy (non-hydrogen) atoms. The molecule has 0 fully saturated rings. The maximum Gasteiger partial charge on any atom is 0.422 e. The number of hydrogen-bond donors (Lipinski definition) is 2. The van der Waals surface area contributed by atoms with Gasteiger partial charge in [0.25, 0.3) is 0 Å². The average Bonchev–Trinajstić information content (AvgIpc) is 2.63. The lowest BCUT2D eigenvalue weighted by Crippen LogP contribution is -2.38. The largest absolute Gasteiger partial charge is 0.468 e. The zero-order valence-corrected chi connectivity index (χ0v) is 17.0. The Kier molecular flexibility index (Phi) is 9.83. The van der Waals surface area contributed by atoms with E-state index >= 15 is 0 Å². The van der Waals surface area contributed by atoms with Crippen molar-refractivity contribution in [1.82, 2.24) is 20.6 Å². The maximum absolute atomic E-state index is 12.3. The van der Waals surface area contributed by atoms with Crippen LogP contribution in [0.2, 0.25) is 0 Å². The van der Waals surface area contributed by atoms with E-state index in [-0.39, 0.29) is 36.4 Å². The summed E-state index contributed by atoms with van der Waals surface area (Å²) in [6.07, 6.45) is -0.581. The Morgan fingerprint density at radius 1 is 1.11 bits per heavy atom. The molecule has 2 aromatic rings. The van der Waals surface area contributed by atoms with Crippen molar-refractivity contribution < 1.29 is 17.9 Å². The van der Waals surface area contributed by atoms with E-state index in [4.69, 9.17) is 4.74 Å². The standard InChI is InChI=1S/C17H20F3N5O.HI/c1-21-16(24-10-7-14-6-2-3-8-22-14)25-11-13-5-4-9-23-15(13)26-12-17(18,19)20;/h2-6,8-9H,7,10-12H2,1H3,(H2,21,24,25);1H. The first-order valence-corrected chi connectivity index (χ1v) is 7.96. The number of nitrogens with zero attached hydrogens (tertiary/aromatic N) is 3. The number of ether oxygens (including phenoxy) is 1. The van der Waals surface area contributed by atoms with Crippen LogP contribution in [0.15, 0.2) is 47.7 Å². The van der Waals surface area contributed by atoms with Crippen LogP contribution >= 0.6 is 24.0 Å². The molecule has 0 aliphatic heterocycles. The Hall–Kier alpha value is -2.11. The number of rotatable bonds is 7. The number of guanidine groups is 1. The van der Waals surface area contributed by atoms with E-state index in [9.17, 15) is 13.2 Å². The van der Waals surface area contributed by atoms with Crippen molar-refractivity contribution in [2.45, 2.75) is 19.1 Å². The third-order valence-electron chi connectivity index (χ3n) is 3.29. The molecule has 10 heteroatoms. The van der Waals surface area contributed by atoms with Crippen molar-refractivity contribution >= 4 is 29.9 Å². The van der Waals surface area contributed by atoms with Crippen LogP contribution in [0.4, 0.5) is 13.2 Å². The van der Waals surface area contributed by atoms with Gasteiger partial charge in [0, 0.05) is 50.2 Å². The lowest BCUT2D eigenvalue weighted by atomic mass is 10.2. The second kappa shape index (κ2) is 11.6. The fourth-order valence-corrected chi connectivity index (χ4v) is 2.09. The summed E-state index contributed by atoms with van der Waals surface area (Å²) < 4.78 is 41.7. The fraction of sp³-hybridized carbons (Fsp3) is 0.353. The molecule has 0 amide bonds. The average molecular weight is 495 g/mol. The molecule has 0 saturated heterocycles. The van der Waals surface area contributed by atoms with E-state index in [0.717, 1.165) is 5.69 Å². The van der Waals surface area contributed by atoms with E-state index in [1.54, 1.807) is 25.4 Å². The summed E-state index contributed by atoms with van der Waals surface area (Å²) in [5.74, 6) is 0.466. The first-order chi connectivity index (χ1) is 12.5. The Bertz CT molecular complexity index is 713. The monoisotopic (exact) mass is 495 g/mol. The molecule has 6 nitrogen and oxygen atoms in total. The highest BCUT2D eigenvalue weighted by Gasteiger charge is 2.29. The van der Waals surface area contributed by atoms with Crippen LogP contribution in [0.1, 0.15) is 11.3 Å². The highest BCUT2D eigenvalue weighted by molar-refractivity contribution is 14.0. The predicted octanol–water partition coefficient (Wildman–Crippen LogP) is 2.94. The summed E-state index contributed by atoms with van der Waals surface area (Å²) >= 11 is 0. The molecular weight excluding hydrogens is 474 g/mol. The molecule has 0 unspecified atom stereocenters. The molecule has 0 atom stereocenters. The lowest BCUT2D eigenvalue weighted by Gasteiger charge is -2.14. The number of aliphatic imine (C=N–C) groups is 1. The molecular formula is C17H21F3IN5O. The molecule has 0 bridgehead atoms. The van der Waals surface area contributed by atoms with Gasteiger partial charge in [-0.25, -0.2) is 4.98 Å². The van der Waals surface area contributed by atoms with Crippen LogP contribution in [-0.4, -0.2) is 42.3 Å². The third-order valence-corrected chi connectivity index (χ3v) is 3.29. The minimum absolute atomic E-state index is 0. The second-order valence-electron chi connectivity index (χ2n) is 5.30. The van der Waals surface area contributed by atoms with E-state index in [2.05, 4.69) is 25.6 Å². The Balaban J connectivity index is 0.00000364. The van der Waals surface area contributed by atoms with Crippen LogP contribution < -0.4 is 15.4 Å². The van der Waals surface area contributed by atoms with Crippen LogP contribution in [0, 0.1) is 0 Å². The Labute approximate surface area is 172 Å². The SMILES string of the molecule is CN=C(NCCc1ccccn1)NCc1cccnc1OCC(F)(F)F.I. The van der Waals surface area contributed by atoms with Gasteiger partial charge in [0.05, 0.1) is 0 Å². The number of halogens is 4. The van der Waals surface area contributed by atoms with Crippen molar-refractivity contribution in [3.63, 3.8) is 0 Å². The quantitative estimate of drug-likeness (QED) is 0.351. The Morgan fingerprint density at radius 3 is 2.56 bits per heavy atom. The van der Waals surface area contributed by atoms with Gasteiger partial charge in [0.2, 0.25) is 5.88 Å². The van der Waals surface area contributed by atoms with E-state index in [0.29, 0.717) is 24.5 Å². The van der Waals surface area contributed by atoms with Crippen LogP contribution in [0.5, 0.6) is 5.88 Å². The highest BCUT2D eigenvalue weighted by atomic mass is 127. The lowest BCUT2D eigenvalue weighted by molar-refractivity contribution is -0.154. The summed E-state index contributed by atoms with van der Waals surface area (Å²) in [4.78, 5) is 12.2.